The molecule has 7 nitrogen and oxygen atoms in total. The first-order valence-corrected chi connectivity index (χ1v) is 10.9. The summed E-state index contributed by atoms with van der Waals surface area (Å²) < 4.78 is 13.6. The van der Waals surface area contributed by atoms with Crippen LogP contribution in [0, 0.1) is 5.41 Å². The fourth-order valence-electron chi connectivity index (χ4n) is 5.12. The van der Waals surface area contributed by atoms with Crippen LogP contribution in [-0.4, -0.2) is 48.6 Å². The molecular weight excluding hydrogens is 396 g/mol. The molecule has 31 heavy (non-hydrogen) atoms. The fraction of sp³-hybridized carbons (Fsp3) is 0.500. The van der Waals surface area contributed by atoms with Crippen molar-refractivity contribution in [2.45, 2.75) is 39.7 Å². The molecule has 2 aromatic rings. The molecule has 0 bridgehead atoms. The zero-order chi connectivity index (χ0) is 21.9. The molecule has 7 heteroatoms. The lowest BCUT2D eigenvalue weighted by Gasteiger charge is -2.40. The Labute approximate surface area is 181 Å². The van der Waals surface area contributed by atoms with Gasteiger partial charge in [0.1, 0.15) is 11.3 Å². The average molecular weight is 424 g/mol. The third-order valence-corrected chi connectivity index (χ3v) is 6.75. The Kier molecular flexibility index (Phi) is 4.62. The van der Waals surface area contributed by atoms with Gasteiger partial charge < -0.3 is 24.0 Å². The van der Waals surface area contributed by atoms with Crippen LogP contribution in [0.25, 0.3) is 11.3 Å². The van der Waals surface area contributed by atoms with Crippen LogP contribution in [0.15, 0.2) is 23.1 Å². The molecule has 1 aromatic heterocycles. The van der Waals surface area contributed by atoms with Crippen molar-refractivity contribution in [3.8, 4) is 17.0 Å². The van der Waals surface area contributed by atoms with Crippen LogP contribution in [0.2, 0.25) is 0 Å². The van der Waals surface area contributed by atoms with Gasteiger partial charge in [0.2, 0.25) is 0 Å². The minimum absolute atomic E-state index is 0.0348. The van der Waals surface area contributed by atoms with Crippen LogP contribution in [0.1, 0.15) is 48.3 Å². The molecular formula is C24H28N2O5. The Morgan fingerprint density at radius 2 is 1.87 bits per heavy atom. The topological polar surface area (TPSA) is 81.0 Å². The summed E-state index contributed by atoms with van der Waals surface area (Å²) in [5.74, 6) is -0.221. The smallest absolute Gasteiger partial charge is 0.341 e. The number of rotatable bonds is 2. The number of aromatic nitrogens is 1. The summed E-state index contributed by atoms with van der Waals surface area (Å²) in [4.78, 5) is 26.6. The highest BCUT2D eigenvalue weighted by molar-refractivity contribution is 5.88. The van der Waals surface area contributed by atoms with E-state index in [4.69, 9.17) is 9.47 Å². The Balaban J connectivity index is 1.77. The molecule has 4 heterocycles. The Morgan fingerprint density at radius 1 is 1.13 bits per heavy atom. The largest absolute Gasteiger partial charge is 0.491 e. The molecule has 0 unspecified atom stereocenters. The van der Waals surface area contributed by atoms with Gasteiger partial charge in [-0.15, -0.1) is 0 Å². The molecule has 3 aliphatic rings. The number of carbonyl (C=O) groups is 1. The second kappa shape index (κ2) is 7.12. The number of carboxylic acid groups (broad SMARTS) is 1. The minimum atomic E-state index is -1.19. The number of morpholine rings is 1. The second-order valence-corrected chi connectivity index (χ2v) is 9.66. The van der Waals surface area contributed by atoms with E-state index in [1.807, 2.05) is 4.57 Å². The van der Waals surface area contributed by atoms with Crippen molar-refractivity contribution in [3.63, 3.8) is 0 Å². The summed E-state index contributed by atoms with van der Waals surface area (Å²) in [5.41, 5.74) is 4.56. The number of nitrogens with zero attached hydrogens (tertiary/aromatic N) is 2. The molecule has 1 fully saturated rings. The number of pyridine rings is 1. The van der Waals surface area contributed by atoms with Gasteiger partial charge in [0, 0.05) is 48.9 Å². The molecule has 0 radical (unpaired) electrons. The van der Waals surface area contributed by atoms with Gasteiger partial charge in [0.25, 0.3) is 0 Å². The number of aromatic carboxylic acids is 1. The molecule has 3 aliphatic heterocycles. The summed E-state index contributed by atoms with van der Waals surface area (Å²) in [5, 5.41) is 9.54. The Hall–Kier alpha value is -2.80. The highest BCUT2D eigenvalue weighted by Gasteiger charge is 2.37. The van der Waals surface area contributed by atoms with E-state index >= 15 is 0 Å². The van der Waals surface area contributed by atoms with Crippen LogP contribution in [0.3, 0.4) is 0 Å². The molecule has 0 amide bonds. The molecule has 1 saturated heterocycles. The molecule has 1 atom stereocenters. The molecule has 0 spiro atoms. The van der Waals surface area contributed by atoms with Crippen molar-refractivity contribution < 1.29 is 19.4 Å². The number of carboxylic acids is 1. The van der Waals surface area contributed by atoms with Crippen LogP contribution in [-0.2, 0) is 17.6 Å². The molecule has 1 aromatic carbocycles. The van der Waals surface area contributed by atoms with Gasteiger partial charge in [-0.25, -0.2) is 4.79 Å². The molecule has 5 rings (SSSR count). The van der Waals surface area contributed by atoms with Crippen molar-refractivity contribution in [2.24, 2.45) is 5.41 Å². The first-order valence-electron chi connectivity index (χ1n) is 10.9. The number of hydrogen-bond donors (Lipinski definition) is 1. The predicted molar refractivity (Wildman–Crippen MR) is 118 cm³/mol. The lowest BCUT2D eigenvalue weighted by molar-refractivity contribution is 0.0693. The number of hydrogen-bond acceptors (Lipinski definition) is 5. The van der Waals surface area contributed by atoms with E-state index in [1.54, 1.807) is 0 Å². The third kappa shape index (κ3) is 3.22. The maximum atomic E-state index is 12.7. The van der Waals surface area contributed by atoms with E-state index in [-0.39, 0.29) is 17.0 Å². The Bertz CT molecular complexity index is 1120. The van der Waals surface area contributed by atoms with Crippen LogP contribution < -0.4 is 15.1 Å². The summed E-state index contributed by atoms with van der Waals surface area (Å²) in [6.45, 7) is 10.1. The monoisotopic (exact) mass is 424 g/mol. The summed E-state index contributed by atoms with van der Waals surface area (Å²) in [6.07, 6.45) is 3.17. The van der Waals surface area contributed by atoms with E-state index in [2.05, 4.69) is 31.7 Å². The van der Waals surface area contributed by atoms with Gasteiger partial charge in [0.15, 0.2) is 5.43 Å². The van der Waals surface area contributed by atoms with E-state index < -0.39 is 11.4 Å². The number of benzene rings is 1. The SMILES string of the molecule is CC(C)(C)[C@@H]1Cc2c(cc(N3CCOCC3)c3c2CCO3)-c2cc(=O)c(C(=O)O)cn21. The lowest BCUT2D eigenvalue weighted by atomic mass is 9.77. The minimum Gasteiger partial charge on any atom is -0.491 e. The highest BCUT2D eigenvalue weighted by atomic mass is 16.5. The third-order valence-electron chi connectivity index (χ3n) is 6.75. The Morgan fingerprint density at radius 3 is 2.55 bits per heavy atom. The first kappa shape index (κ1) is 20.1. The maximum absolute atomic E-state index is 12.7. The molecule has 1 N–H and O–H groups in total. The van der Waals surface area contributed by atoms with Gasteiger partial charge >= 0.3 is 5.97 Å². The molecule has 164 valence electrons. The lowest BCUT2D eigenvalue weighted by Crippen LogP contribution is -2.37. The average Bonchev–Trinajstić information content (AvgIpc) is 3.22. The molecule has 0 aliphatic carbocycles. The number of fused-ring (bicyclic) bond motifs is 5. The van der Waals surface area contributed by atoms with Crippen molar-refractivity contribution in [1.82, 2.24) is 4.57 Å². The fourth-order valence-corrected chi connectivity index (χ4v) is 5.12. The first-order chi connectivity index (χ1) is 14.8. The van der Waals surface area contributed by atoms with Gasteiger partial charge in [0.05, 0.1) is 31.2 Å². The van der Waals surface area contributed by atoms with Crippen molar-refractivity contribution >= 4 is 11.7 Å². The maximum Gasteiger partial charge on any atom is 0.341 e. The van der Waals surface area contributed by atoms with E-state index in [0.29, 0.717) is 19.8 Å². The zero-order valence-corrected chi connectivity index (χ0v) is 18.2. The van der Waals surface area contributed by atoms with Gasteiger partial charge in [-0.1, -0.05) is 20.8 Å². The molecule has 0 saturated carbocycles. The number of anilines is 1. The van der Waals surface area contributed by atoms with Crippen LogP contribution in [0.4, 0.5) is 5.69 Å². The second-order valence-electron chi connectivity index (χ2n) is 9.66. The summed E-state index contributed by atoms with van der Waals surface area (Å²) in [6, 6.07) is 3.67. The van der Waals surface area contributed by atoms with Gasteiger partial charge in [-0.3, -0.25) is 4.79 Å². The summed E-state index contributed by atoms with van der Waals surface area (Å²) in [7, 11) is 0. The van der Waals surface area contributed by atoms with Crippen LogP contribution in [0.5, 0.6) is 5.75 Å². The van der Waals surface area contributed by atoms with Crippen LogP contribution >= 0.6 is 0 Å². The highest BCUT2D eigenvalue weighted by Crippen LogP contribution is 2.49. The quantitative estimate of drug-likeness (QED) is 0.798. The van der Waals surface area contributed by atoms with Gasteiger partial charge in [-0.05, 0) is 23.5 Å². The van der Waals surface area contributed by atoms with E-state index in [9.17, 15) is 14.7 Å². The van der Waals surface area contributed by atoms with Crippen molar-refractivity contribution in [1.29, 1.82) is 0 Å². The van der Waals surface area contributed by atoms with E-state index in [1.165, 1.54) is 23.4 Å². The summed E-state index contributed by atoms with van der Waals surface area (Å²) >= 11 is 0. The van der Waals surface area contributed by atoms with Crippen molar-refractivity contribution in [2.75, 3.05) is 37.8 Å². The van der Waals surface area contributed by atoms with Crippen molar-refractivity contribution in [3.05, 3.63) is 45.2 Å². The zero-order valence-electron chi connectivity index (χ0n) is 18.2. The predicted octanol–water partition coefficient (Wildman–Crippen LogP) is 3.13. The standard InChI is InChI=1S/C24H28N2O5/c1-24(2,3)21-11-15-14-4-7-31-22(14)19(25-5-8-30-9-6-25)10-16(15)18-12-20(27)17(23(28)29)13-26(18)21/h10,12-13,21H,4-9,11H2,1-3H3,(H,28,29)/t21-/m0/s1. The normalized spacial score (nSPS) is 20.0. The van der Waals surface area contributed by atoms with Gasteiger partial charge in [-0.2, -0.15) is 0 Å². The number of ether oxygens (including phenoxy) is 2. The van der Waals surface area contributed by atoms with E-state index in [0.717, 1.165) is 48.6 Å².